The Kier molecular flexibility index (Phi) is 3.85. The van der Waals surface area contributed by atoms with E-state index in [2.05, 4.69) is 20.4 Å². The molecule has 0 aliphatic carbocycles. The van der Waals surface area contributed by atoms with Crippen LogP contribution < -0.4 is 5.32 Å². The number of fused-ring (bicyclic) bond motifs is 1. The molecule has 0 spiro atoms. The molecule has 1 amide bonds. The van der Waals surface area contributed by atoms with Gasteiger partial charge in [0.1, 0.15) is 11.6 Å². The second-order valence-electron chi connectivity index (χ2n) is 5.42. The second-order valence-corrected chi connectivity index (χ2v) is 5.42. The molecule has 3 aromatic heterocycles. The van der Waals surface area contributed by atoms with Crippen molar-refractivity contribution in [2.24, 2.45) is 0 Å². The summed E-state index contributed by atoms with van der Waals surface area (Å²) >= 11 is 0. The molecular weight excluding hydrogens is 340 g/mol. The number of carbonyl (C=O) groups excluding carboxylic acids is 1. The number of anilines is 1. The van der Waals surface area contributed by atoms with Crippen molar-refractivity contribution in [1.29, 1.82) is 0 Å². The summed E-state index contributed by atoms with van der Waals surface area (Å²) in [5.41, 5.74) is 0.802. The molecule has 4 aromatic rings. The highest BCUT2D eigenvalue weighted by atomic mass is 19.1. The third-order valence-electron chi connectivity index (χ3n) is 3.73. The van der Waals surface area contributed by atoms with Gasteiger partial charge in [0.05, 0.1) is 29.3 Å². The van der Waals surface area contributed by atoms with E-state index in [1.165, 1.54) is 35.1 Å². The Morgan fingerprint density at radius 3 is 2.54 bits per heavy atom. The fraction of sp³-hybridized carbons (Fsp3) is 0. The van der Waals surface area contributed by atoms with E-state index >= 15 is 0 Å². The minimum Gasteiger partial charge on any atom is -0.319 e. The zero-order valence-corrected chi connectivity index (χ0v) is 13.2. The van der Waals surface area contributed by atoms with Crippen LogP contribution in [0.4, 0.5) is 14.5 Å². The summed E-state index contributed by atoms with van der Waals surface area (Å²) in [6.07, 6.45) is 4.42. The van der Waals surface area contributed by atoms with Crippen molar-refractivity contribution in [2.45, 2.75) is 0 Å². The number of benzene rings is 1. The molecular formula is C18H11F2N5O. The molecule has 128 valence electrons. The third-order valence-corrected chi connectivity index (χ3v) is 3.73. The van der Waals surface area contributed by atoms with Crippen LogP contribution >= 0.6 is 0 Å². The van der Waals surface area contributed by atoms with Crippen LogP contribution in [0.1, 0.15) is 10.5 Å². The lowest BCUT2D eigenvalue weighted by molar-refractivity contribution is 0.102. The van der Waals surface area contributed by atoms with Crippen molar-refractivity contribution >= 4 is 17.2 Å². The fourth-order valence-corrected chi connectivity index (χ4v) is 2.54. The van der Waals surface area contributed by atoms with Crippen LogP contribution in [0.2, 0.25) is 0 Å². The minimum atomic E-state index is -0.738. The highest BCUT2D eigenvalue weighted by Crippen LogP contribution is 2.24. The van der Waals surface area contributed by atoms with Gasteiger partial charge >= 0.3 is 0 Å². The molecule has 0 bridgehead atoms. The first-order chi connectivity index (χ1) is 12.6. The zero-order valence-electron chi connectivity index (χ0n) is 13.2. The van der Waals surface area contributed by atoms with Crippen LogP contribution in [-0.4, -0.2) is 25.5 Å². The van der Waals surface area contributed by atoms with Crippen LogP contribution in [0.3, 0.4) is 0 Å². The Morgan fingerprint density at radius 2 is 1.81 bits per heavy atom. The number of hydrogen-bond acceptors (Lipinski definition) is 4. The van der Waals surface area contributed by atoms with Gasteiger partial charge in [-0.05, 0) is 36.4 Å². The SMILES string of the molecule is O=C(Nc1cccnc1)c1cnc2ccc(-c3c(F)cccc3F)nn12. The van der Waals surface area contributed by atoms with Gasteiger partial charge in [0.25, 0.3) is 5.91 Å². The highest BCUT2D eigenvalue weighted by Gasteiger charge is 2.17. The molecule has 0 fully saturated rings. The summed E-state index contributed by atoms with van der Waals surface area (Å²) in [6, 6.07) is 9.92. The largest absolute Gasteiger partial charge is 0.319 e. The number of amides is 1. The Morgan fingerprint density at radius 1 is 1.00 bits per heavy atom. The number of nitrogens with zero attached hydrogens (tertiary/aromatic N) is 4. The summed E-state index contributed by atoms with van der Waals surface area (Å²) in [5, 5.41) is 6.86. The van der Waals surface area contributed by atoms with E-state index in [1.807, 2.05) is 0 Å². The van der Waals surface area contributed by atoms with Gasteiger partial charge in [-0.25, -0.2) is 18.3 Å². The first-order valence-electron chi connectivity index (χ1n) is 7.64. The average molecular weight is 351 g/mol. The molecule has 3 heterocycles. The maximum Gasteiger partial charge on any atom is 0.276 e. The Bertz CT molecular complexity index is 1090. The zero-order chi connectivity index (χ0) is 18.1. The smallest absolute Gasteiger partial charge is 0.276 e. The summed E-state index contributed by atoms with van der Waals surface area (Å²) in [4.78, 5) is 20.5. The first kappa shape index (κ1) is 15.8. The maximum absolute atomic E-state index is 14.0. The molecule has 0 saturated heterocycles. The molecule has 26 heavy (non-hydrogen) atoms. The molecule has 6 nitrogen and oxygen atoms in total. The predicted octanol–water partition coefficient (Wildman–Crippen LogP) is 3.32. The van der Waals surface area contributed by atoms with E-state index in [4.69, 9.17) is 0 Å². The molecule has 0 unspecified atom stereocenters. The molecule has 0 aliphatic heterocycles. The Labute approximate surface area is 146 Å². The number of pyridine rings is 1. The fourth-order valence-electron chi connectivity index (χ4n) is 2.54. The van der Waals surface area contributed by atoms with E-state index in [1.54, 1.807) is 18.3 Å². The van der Waals surface area contributed by atoms with Crippen LogP contribution in [0.5, 0.6) is 0 Å². The van der Waals surface area contributed by atoms with Gasteiger partial charge in [0.15, 0.2) is 11.3 Å². The van der Waals surface area contributed by atoms with Crippen molar-refractivity contribution < 1.29 is 13.6 Å². The average Bonchev–Trinajstić information content (AvgIpc) is 3.06. The number of rotatable bonds is 3. The lowest BCUT2D eigenvalue weighted by Gasteiger charge is -2.07. The minimum absolute atomic E-state index is 0.0570. The molecule has 0 aliphatic rings. The summed E-state index contributed by atoms with van der Waals surface area (Å²) < 4.78 is 29.3. The van der Waals surface area contributed by atoms with Crippen LogP contribution in [0.25, 0.3) is 16.9 Å². The predicted molar refractivity (Wildman–Crippen MR) is 90.5 cm³/mol. The molecule has 1 N–H and O–H groups in total. The standard InChI is InChI=1S/C18H11F2N5O/c19-12-4-1-5-13(20)17(12)14-6-7-16-22-10-15(25(16)24-14)18(26)23-11-3-2-8-21-9-11/h1-10H,(H,23,26). The van der Waals surface area contributed by atoms with Gasteiger partial charge < -0.3 is 5.32 Å². The molecule has 0 saturated carbocycles. The van der Waals surface area contributed by atoms with Crippen molar-refractivity contribution in [2.75, 3.05) is 5.32 Å². The van der Waals surface area contributed by atoms with E-state index in [9.17, 15) is 13.6 Å². The highest BCUT2D eigenvalue weighted by molar-refractivity contribution is 6.03. The van der Waals surface area contributed by atoms with E-state index in [-0.39, 0.29) is 17.0 Å². The lowest BCUT2D eigenvalue weighted by atomic mass is 10.1. The molecule has 4 rings (SSSR count). The van der Waals surface area contributed by atoms with Gasteiger partial charge in [-0.2, -0.15) is 5.10 Å². The molecule has 1 aromatic carbocycles. The Balaban J connectivity index is 1.77. The summed E-state index contributed by atoms with van der Waals surface area (Å²) in [5.74, 6) is -1.94. The van der Waals surface area contributed by atoms with Crippen molar-refractivity contribution in [3.63, 3.8) is 0 Å². The van der Waals surface area contributed by atoms with Crippen LogP contribution in [-0.2, 0) is 0 Å². The van der Waals surface area contributed by atoms with Gasteiger partial charge in [-0.15, -0.1) is 0 Å². The van der Waals surface area contributed by atoms with Crippen molar-refractivity contribution in [3.05, 3.63) is 78.4 Å². The molecule has 0 atom stereocenters. The lowest BCUT2D eigenvalue weighted by Crippen LogP contribution is -2.15. The first-order valence-corrected chi connectivity index (χ1v) is 7.64. The van der Waals surface area contributed by atoms with Crippen molar-refractivity contribution in [1.82, 2.24) is 19.6 Å². The number of aromatic nitrogens is 4. The quantitative estimate of drug-likeness (QED) is 0.615. The number of imidazole rings is 1. The van der Waals surface area contributed by atoms with Gasteiger partial charge in [-0.3, -0.25) is 9.78 Å². The van der Waals surface area contributed by atoms with Crippen molar-refractivity contribution in [3.8, 4) is 11.3 Å². The second kappa shape index (κ2) is 6.32. The van der Waals surface area contributed by atoms with Gasteiger partial charge in [0.2, 0.25) is 0 Å². The van der Waals surface area contributed by atoms with Gasteiger partial charge in [0, 0.05) is 6.20 Å². The van der Waals surface area contributed by atoms with Gasteiger partial charge in [-0.1, -0.05) is 6.07 Å². The summed E-state index contributed by atoms with van der Waals surface area (Å²) in [6.45, 7) is 0. The van der Waals surface area contributed by atoms with E-state index < -0.39 is 17.5 Å². The number of nitrogens with one attached hydrogen (secondary N) is 1. The summed E-state index contributed by atoms with van der Waals surface area (Å²) in [7, 11) is 0. The topological polar surface area (TPSA) is 72.2 Å². The Hall–Kier alpha value is -3.68. The monoisotopic (exact) mass is 351 g/mol. The van der Waals surface area contributed by atoms with E-state index in [0.29, 0.717) is 11.3 Å². The number of hydrogen-bond donors (Lipinski definition) is 1. The molecule has 8 heteroatoms. The van der Waals surface area contributed by atoms with Crippen LogP contribution in [0, 0.1) is 11.6 Å². The maximum atomic E-state index is 14.0. The van der Waals surface area contributed by atoms with Crippen LogP contribution in [0.15, 0.2) is 61.1 Å². The normalized spacial score (nSPS) is 10.8. The molecule has 0 radical (unpaired) electrons. The van der Waals surface area contributed by atoms with E-state index in [0.717, 1.165) is 12.1 Å². The number of halogens is 2. The number of carbonyl (C=O) groups is 1. The third kappa shape index (κ3) is 2.77.